The molecule has 1 aliphatic carbocycles. The van der Waals surface area contributed by atoms with Crippen LogP contribution >= 0.6 is 0 Å². The number of benzene rings is 1. The molecule has 154 valence electrons. The molecule has 1 aromatic carbocycles. The Morgan fingerprint density at radius 1 is 1.23 bits per heavy atom. The first-order chi connectivity index (χ1) is 14.6. The molecule has 2 aromatic heterocycles. The number of amides is 1. The van der Waals surface area contributed by atoms with Crippen LogP contribution < -0.4 is 5.32 Å². The van der Waals surface area contributed by atoms with Crippen LogP contribution in [-0.4, -0.2) is 64.0 Å². The van der Waals surface area contributed by atoms with E-state index in [4.69, 9.17) is 4.74 Å². The van der Waals surface area contributed by atoms with Crippen molar-refractivity contribution in [2.45, 2.75) is 18.9 Å². The standard InChI is InChI=1S/C21H20FN5O3/c22-17-4-1-13(9-16(17)21(29)26-5-7-30-8-6-26)18-10-19(24-15-2-3-15)27-20(25-18)14(12-28)11-23-27/h1,4,9-12,15,24H,2-3,5-8H2. The molecule has 3 heterocycles. The molecule has 0 spiro atoms. The molecule has 3 aromatic rings. The van der Waals surface area contributed by atoms with E-state index < -0.39 is 5.82 Å². The smallest absolute Gasteiger partial charge is 0.257 e. The van der Waals surface area contributed by atoms with Crippen LogP contribution in [0.5, 0.6) is 0 Å². The first kappa shape index (κ1) is 18.7. The quantitative estimate of drug-likeness (QED) is 0.651. The zero-order valence-corrected chi connectivity index (χ0v) is 16.2. The molecule has 0 radical (unpaired) electrons. The van der Waals surface area contributed by atoms with Crippen LogP contribution in [-0.2, 0) is 4.74 Å². The summed E-state index contributed by atoms with van der Waals surface area (Å²) in [5, 5.41) is 7.64. The van der Waals surface area contributed by atoms with Gasteiger partial charge in [0.05, 0.1) is 36.2 Å². The van der Waals surface area contributed by atoms with Crippen molar-refractivity contribution in [3.63, 3.8) is 0 Å². The second-order valence-electron chi connectivity index (χ2n) is 7.50. The van der Waals surface area contributed by atoms with Crippen molar-refractivity contribution in [1.82, 2.24) is 19.5 Å². The Morgan fingerprint density at radius 2 is 2.03 bits per heavy atom. The van der Waals surface area contributed by atoms with Crippen molar-refractivity contribution in [3.8, 4) is 11.3 Å². The average molecular weight is 409 g/mol. The lowest BCUT2D eigenvalue weighted by molar-refractivity contribution is 0.0300. The molecule has 9 heteroatoms. The van der Waals surface area contributed by atoms with Crippen LogP contribution in [0.3, 0.4) is 0 Å². The largest absolute Gasteiger partial charge is 0.378 e. The number of rotatable bonds is 5. The molecule has 0 bridgehead atoms. The summed E-state index contributed by atoms with van der Waals surface area (Å²) in [4.78, 5) is 30.4. The van der Waals surface area contributed by atoms with E-state index in [0.717, 1.165) is 12.8 Å². The number of hydrogen-bond donors (Lipinski definition) is 1. The van der Waals surface area contributed by atoms with Crippen molar-refractivity contribution in [3.05, 3.63) is 47.4 Å². The van der Waals surface area contributed by atoms with Gasteiger partial charge in [-0.1, -0.05) is 0 Å². The van der Waals surface area contributed by atoms with Crippen molar-refractivity contribution >= 4 is 23.7 Å². The predicted octanol–water partition coefficient (Wildman–Crippen LogP) is 2.39. The highest BCUT2D eigenvalue weighted by Crippen LogP contribution is 2.29. The first-order valence-electron chi connectivity index (χ1n) is 9.91. The lowest BCUT2D eigenvalue weighted by Gasteiger charge is -2.27. The van der Waals surface area contributed by atoms with Gasteiger partial charge in [0.1, 0.15) is 11.6 Å². The summed E-state index contributed by atoms with van der Waals surface area (Å²) in [5.74, 6) is -0.241. The maximum Gasteiger partial charge on any atom is 0.257 e. The normalized spacial score (nSPS) is 16.6. The summed E-state index contributed by atoms with van der Waals surface area (Å²) in [7, 11) is 0. The molecule has 0 unspecified atom stereocenters. The third kappa shape index (κ3) is 3.41. The second kappa shape index (κ2) is 7.49. The number of nitrogens with zero attached hydrogens (tertiary/aromatic N) is 4. The molecule has 0 atom stereocenters. The highest BCUT2D eigenvalue weighted by Gasteiger charge is 2.25. The van der Waals surface area contributed by atoms with E-state index >= 15 is 0 Å². The minimum absolute atomic E-state index is 0.00288. The number of hydrogen-bond acceptors (Lipinski definition) is 6. The molecule has 1 N–H and O–H groups in total. The van der Waals surface area contributed by atoms with Gasteiger partial charge in [-0.15, -0.1) is 0 Å². The Balaban J connectivity index is 1.57. The molecule has 1 saturated heterocycles. The Morgan fingerprint density at radius 3 is 2.77 bits per heavy atom. The number of halogens is 1. The van der Waals surface area contributed by atoms with Crippen LogP contribution in [0.4, 0.5) is 10.2 Å². The maximum absolute atomic E-state index is 14.5. The number of ether oxygens (including phenoxy) is 1. The predicted molar refractivity (Wildman–Crippen MR) is 107 cm³/mol. The fourth-order valence-corrected chi connectivity index (χ4v) is 3.54. The first-order valence-corrected chi connectivity index (χ1v) is 9.91. The number of carbonyl (C=O) groups excluding carboxylic acids is 2. The fraction of sp³-hybridized carbons (Fsp3) is 0.333. The zero-order valence-electron chi connectivity index (χ0n) is 16.2. The third-order valence-electron chi connectivity index (χ3n) is 5.35. The minimum Gasteiger partial charge on any atom is -0.378 e. The molecule has 2 aliphatic rings. The summed E-state index contributed by atoms with van der Waals surface area (Å²) >= 11 is 0. The summed E-state index contributed by atoms with van der Waals surface area (Å²) in [6.07, 6.45) is 4.30. The van der Waals surface area contributed by atoms with E-state index in [1.165, 1.54) is 18.3 Å². The molecule has 30 heavy (non-hydrogen) atoms. The van der Waals surface area contributed by atoms with Crippen LogP contribution in [0.15, 0.2) is 30.5 Å². The van der Waals surface area contributed by atoms with E-state index in [2.05, 4.69) is 15.4 Å². The summed E-state index contributed by atoms with van der Waals surface area (Å²) in [5.41, 5.74) is 1.90. The van der Waals surface area contributed by atoms with Crippen molar-refractivity contribution in [2.24, 2.45) is 0 Å². The van der Waals surface area contributed by atoms with Crippen molar-refractivity contribution in [1.29, 1.82) is 0 Å². The van der Waals surface area contributed by atoms with E-state index in [1.807, 2.05) is 6.07 Å². The van der Waals surface area contributed by atoms with Crippen molar-refractivity contribution < 1.29 is 18.7 Å². The number of fused-ring (bicyclic) bond motifs is 1. The Kier molecular flexibility index (Phi) is 4.66. The SMILES string of the molecule is O=Cc1cnn2c(NC3CC3)cc(-c3ccc(F)c(C(=O)N4CCOCC4)c3)nc12. The number of aldehydes is 1. The summed E-state index contributed by atoms with van der Waals surface area (Å²) < 4.78 is 21.4. The highest BCUT2D eigenvalue weighted by molar-refractivity contribution is 5.96. The van der Waals surface area contributed by atoms with Crippen LogP contribution in [0, 0.1) is 5.82 Å². The number of carbonyl (C=O) groups is 2. The molecule has 1 saturated carbocycles. The topological polar surface area (TPSA) is 88.8 Å². The molecule has 8 nitrogen and oxygen atoms in total. The Hall–Kier alpha value is -3.33. The van der Waals surface area contributed by atoms with Gasteiger partial charge >= 0.3 is 0 Å². The van der Waals surface area contributed by atoms with Gasteiger partial charge in [-0.2, -0.15) is 9.61 Å². The van der Waals surface area contributed by atoms with Gasteiger partial charge < -0.3 is 15.0 Å². The van der Waals surface area contributed by atoms with Gasteiger partial charge in [-0.25, -0.2) is 9.37 Å². The van der Waals surface area contributed by atoms with Gasteiger partial charge in [-0.3, -0.25) is 9.59 Å². The van der Waals surface area contributed by atoms with Gasteiger partial charge in [0.2, 0.25) is 0 Å². The van der Waals surface area contributed by atoms with Gasteiger partial charge in [-0.05, 0) is 31.0 Å². The van der Waals surface area contributed by atoms with Gasteiger partial charge in [0, 0.05) is 30.8 Å². The number of anilines is 1. The number of aromatic nitrogens is 3. The van der Waals surface area contributed by atoms with Crippen molar-refractivity contribution in [2.75, 3.05) is 31.6 Å². The number of nitrogens with one attached hydrogen (secondary N) is 1. The fourth-order valence-electron chi connectivity index (χ4n) is 3.54. The molecular formula is C21H20FN5O3. The maximum atomic E-state index is 14.5. The average Bonchev–Trinajstić information content (AvgIpc) is 3.50. The zero-order chi connectivity index (χ0) is 20.7. The van der Waals surface area contributed by atoms with Gasteiger partial charge in [0.15, 0.2) is 11.9 Å². The second-order valence-corrected chi connectivity index (χ2v) is 7.50. The highest BCUT2D eigenvalue weighted by atomic mass is 19.1. The minimum atomic E-state index is -0.578. The monoisotopic (exact) mass is 409 g/mol. The summed E-state index contributed by atoms with van der Waals surface area (Å²) in [6.45, 7) is 1.75. The molecule has 1 aliphatic heterocycles. The molecule has 5 rings (SSSR count). The lowest BCUT2D eigenvalue weighted by atomic mass is 10.1. The van der Waals surface area contributed by atoms with E-state index in [-0.39, 0.29) is 11.5 Å². The number of morpholine rings is 1. The van der Waals surface area contributed by atoms with Crippen LogP contribution in [0.1, 0.15) is 33.6 Å². The molecule has 1 amide bonds. The Labute approximate surface area is 171 Å². The van der Waals surface area contributed by atoms with E-state index in [9.17, 15) is 14.0 Å². The lowest BCUT2D eigenvalue weighted by Crippen LogP contribution is -2.41. The summed E-state index contributed by atoms with van der Waals surface area (Å²) in [6, 6.07) is 6.55. The van der Waals surface area contributed by atoms with Crippen LogP contribution in [0.2, 0.25) is 0 Å². The van der Waals surface area contributed by atoms with Gasteiger partial charge in [0.25, 0.3) is 5.91 Å². The molecule has 2 fully saturated rings. The van der Waals surface area contributed by atoms with E-state index in [1.54, 1.807) is 15.5 Å². The van der Waals surface area contributed by atoms with Crippen LogP contribution in [0.25, 0.3) is 16.9 Å². The Bertz CT molecular complexity index is 1140. The van der Waals surface area contributed by atoms with E-state index in [0.29, 0.717) is 66.9 Å². The molecular weight excluding hydrogens is 389 g/mol. The third-order valence-corrected chi connectivity index (χ3v) is 5.35.